The summed E-state index contributed by atoms with van der Waals surface area (Å²) in [5.74, 6) is 1.46. The van der Waals surface area contributed by atoms with Crippen molar-refractivity contribution in [2.75, 3.05) is 19.8 Å². The van der Waals surface area contributed by atoms with Gasteiger partial charge in [0, 0.05) is 18.6 Å². The predicted molar refractivity (Wildman–Crippen MR) is 73.2 cm³/mol. The molecule has 4 unspecified atom stereocenters. The fourth-order valence-electron chi connectivity index (χ4n) is 4.27. The molecule has 0 radical (unpaired) electrons. The van der Waals surface area contributed by atoms with Crippen LogP contribution in [0.25, 0.3) is 0 Å². The maximum atomic E-state index is 11.5. The molecule has 2 fully saturated rings. The highest BCUT2D eigenvalue weighted by atomic mass is 16.5. The van der Waals surface area contributed by atoms with Gasteiger partial charge in [-0.25, -0.2) is 0 Å². The van der Waals surface area contributed by atoms with Crippen LogP contribution in [0.15, 0.2) is 0 Å². The fraction of sp³-hybridized carbons (Fsp3) is 1.00. The average molecular weight is 255 g/mol. The molecule has 1 aliphatic carbocycles. The lowest BCUT2D eigenvalue weighted by Gasteiger charge is -2.54. The molecule has 106 valence electrons. The van der Waals surface area contributed by atoms with Gasteiger partial charge in [0.2, 0.25) is 0 Å². The molecule has 1 aliphatic heterocycles. The SMILES string of the molecule is CC1CCC(C(C)C)C(O)(C2(CN)CCOC2)C1. The molecule has 3 heteroatoms. The molecular formula is C15H29NO2. The van der Waals surface area contributed by atoms with E-state index in [1.54, 1.807) is 0 Å². The summed E-state index contributed by atoms with van der Waals surface area (Å²) in [7, 11) is 0. The second kappa shape index (κ2) is 5.10. The lowest BCUT2D eigenvalue weighted by atomic mass is 9.55. The normalized spacial score (nSPS) is 45.7. The highest BCUT2D eigenvalue weighted by molar-refractivity contribution is 5.08. The van der Waals surface area contributed by atoms with E-state index >= 15 is 0 Å². The Morgan fingerprint density at radius 2 is 2.11 bits per heavy atom. The zero-order valence-corrected chi connectivity index (χ0v) is 12.1. The molecule has 0 aromatic carbocycles. The molecule has 0 amide bonds. The Labute approximate surface area is 111 Å². The van der Waals surface area contributed by atoms with Crippen LogP contribution in [-0.4, -0.2) is 30.5 Å². The van der Waals surface area contributed by atoms with Gasteiger partial charge >= 0.3 is 0 Å². The standard InChI is InChI=1S/C15H29NO2/c1-11(2)13-5-4-12(3)8-15(13,17)14(9-16)6-7-18-10-14/h11-13,17H,4-10,16H2,1-3H3. The molecule has 2 aliphatic rings. The van der Waals surface area contributed by atoms with E-state index in [9.17, 15) is 5.11 Å². The van der Waals surface area contributed by atoms with Crippen LogP contribution < -0.4 is 5.73 Å². The van der Waals surface area contributed by atoms with Gasteiger partial charge in [0.15, 0.2) is 0 Å². The number of ether oxygens (including phenoxy) is 1. The minimum Gasteiger partial charge on any atom is -0.389 e. The van der Waals surface area contributed by atoms with E-state index in [1.165, 1.54) is 6.42 Å². The number of hydrogen-bond acceptors (Lipinski definition) is 3. The molecule has 1 saturated heterocycles. The summed E-state index contributed by atoms with van der Waals surface area (Å²) in [6.07, 6.45) is 4.15. The molecule has 0 spiro atoms. The molecule has 2 rings (SSSR count). The van der Waals surface area contributed by atoms with Crippen molar-refractivity contribution in [3.05, 3.63) is 0 Å². The smallest absolute Gasteiger partial charge is 0.0771 e. The van der Waals surface area contributed by atoms with Crippen LogP contribution in [0, 0.1) is 23.2 Å². The van der Waals surface area contributed by atoms with E-state index in [0.717, 1.165) is 25.9 Å². The van der Waals surface area contributed by atoms with Gasteiger partial charge < -0.3 is 15.6 Å². The van der Waals surface area contributed by atoms with Crippen LogP contribution >= 0.6 is 0 Å². The minimum atomic E-state index is -0.635. The van der Waals surface area contributed by atoms with Gasteiger partial charge in [-0.2, -0.15) is 0 Å². The first kappa shape index (κ1) is 14.3. The summed E-state index contributed by atoms with van der Waals surface area (Å²) >= 11 is 0. The van der Waals surface area contributed by atoms with Crippen LogP contribution in [0.5, 0.6) is 0 Å². The van der Waals surface area contributed by atoms with Crippen molar-refractivity contribution in [1.82, 2.24) is 0 Å². The topological polar surface area (TPSA) is 55.5 Å². The quantitative estimate of drug-likeness (QED) is 0.812. The van der Waals surface area contributed by atoms with Gasteiger partial charge in [-0.05, 0) is 37.0 Å². The summed E-state index contributed by atoms with van der Waals surface area (Å²) in [5, 5.41) is 11.5. The van der Waals surface area contributed by atoms with Crippen LogP contribution in [0.1, 0.15) is 46.5 Å². The molecule has 3 nitrogen and oxygen atoms in total. The first-order valence-electron chi connectivity index (χ1n) is 7.45. The van der Waals surface area contributed by atoms with Crippen molar-refractivity contribution >= 4 is 0 Å². The summed E-state index contributed by atoms with van der Waals surface area (Å²) < 4.78 is 5.59. The van der Waals surface area contributed by atoms with E-state index < -0.39 is 5.60 Å². The highest BCUT2D eigenvalue weighted by Gasteiger charge is 2.57. The maximum absolute atomic E-state index is 11.5. The molecule has 0 aromatic rings. The number of nitrogens with two attached hydrogens (primary N) is 1. The monoisotopic (exact) mass is 255 g/mol. The molecule has 0 aromatic heterocycles. The first-order valence-corrected chi connectivity index (χ1v) is 7.45. The Morgan fingerprint density at radius 1 is 1.39 bits per heavy atom. The minimum absolute atomic E-state index is 0.212. The summed E-state index contributed by atoms with van der Waals surface area (Å²) in [5.41, 5.74) is 5.21. The Bertz CT molecular complexity index is 286. The zero-order valence-electron chi connectivity index (χ0n) is 12.1. The second-order valence-corrected chi connectivity index (χ2v) is 6.95. The Hall–Kier alpha value is -0.120. The third kappa shape index (κ3) is 2.10. The summed E-state index contributed by atoms with van der Waals surface area (Å²) in [6, 6.07) is 0. The molecular weight excluding hydrogens is 226 g/mol. The van der Waals surface area contributed by atoms with Crippen molar-refractivity contribution in [3.63, 3.8) is 0 Å². The number of rotatable bonds is 3. The lowest BCUT2D eigenvalue weighted by molar-refractivity contribution is -0.166. The van der Waals surface area contributed by atoms with E-state index in [-0.39, 0.29) is 5.41 Å². The molecule has 4 atom stereocenters. The Kier molecular flexibility index (Phi) is 4.05. The largest absolute Gasteiger partial charge is 0.389 e. The summed E-state index contributed by atoms with van der Waals surface area (Å²) in [6.45, 7) is 8.63. The van der Waals surface area contributed by atoms with Gasteiger partial charge in [0.05, 0.1) is 12.2 Å². The molecule has 1 heterocycles. The third-order valence-electron chi connectivity index (χ3n) is 5.46. The van der Waals surface area contributed by atoms with Crippen LogP contribution in [0.2, 0.25) is 0 Å². The lowest BCUT2D eigenvalue weighted by Crippen LogP contribution is -2.61. The first-order chi connectivity index (χ1) is 8.45. The van der Waals surface area contributed by atoms with Gasteiger partial charge in [0.1, 0.15) is 0 Å². The van der Waals surface area contributed by atoms with E-state index in [4.69, 9.17) is 10.5 Å². The number of aliphatic hydroxyl groups is 1. The van der Waals surface area contributed by atoms with Crippen molar-refractivity contribution < 1.29 is 9.84 Å². The number of hydrogen-bond donors (Lipinski definition) is 2. The molecule has 18 heavy (non-hydrogen) atoms. The zero-order chi connectivity index (χ0) is 13.4. The van der Waals surface area contributed by atoms with Crippen molar-refractivity contribution in [2.45, 2.75) is 52.1 Å². The van der Waals surface area contributed by atoms with Gasteiger partial charge in [-0.3, -0.25) is 0 Å². The van der Waals surface area contributed by atoms with Gasteiger partial charge in [-0.15, -0.1) is 0 Å². The maximum Gasteiger partial charge on any atom is 0.0771 e. The predicted octanol–water partition coefficient (Wildman–Crippen LogP) is 2.18. The second-order valence-electron chi connectivity index (χ2n) is 6.95. The van der Waals surface area contributed by atoms with Crippen molar-refractivity contribution in [1.29, 1.82) is 0 Å². The Morgan fingerprint density at radius 3 is 2.61 bits per heavy atom. The fourth-order valence-corrected chi connectivity index (χ4v) is 4.27. The highest BCUT2D eigenvalue weighted by Crippen LogP contribution is 2.53. The molecule has 3 N–H and O–H groups in total. The van der Waals surface area contributed by atoms with Crippen molar-refractivity contribution in [3.8, 4) is 0 Å². The van der Waals surface area contributed by atoms with Crippen LogP contribution in [0.3, 0.4) is 0 Å². The van der Waals surface area contributed by atoms with E-state index in [0.29, 0.717) is 30.9 Å². The molecule has 1 saturated carbocycles. The molecule has 0 bridgehead atoms. The third-order valence-corrected chi connectivity index (χ3v) is 5.46. The van der Waals surface area contributed by atoms with E-state index in [1.807, 2.05) is 0 Å². The van der Waals surface area contributed by atoms with Crippen LogP contribution in [-0.2, 0) is 4.74 Å². The van der Waals surface area contributed by atoms with Crippen LogP contribution in [0.4, 0.5) is 0 Å². The summed E-state index contributed by atoms with van der Waals surface area (Å²) in [4.78, 5) is 0. The van der Waals surface area contributed by atoms with E-state index in [2.05, 4.69) is 20.8 Å². The van der Waals surface area contributed by atoms with Crippen molar-refractivity contribution in [2.24, 2.45) is 28.9 Å². The average Bonchev–Trinajstić information content (AvgIpc) is 2.78. The van der Waals surface area contributed by atoms with Gasteiger partial charge in [0.25, 0.3) is 0 Å². The Balaban J connectivity index is 2.33. The van der Waals surface area contributed by atoms with Gasteiger partial charge in [-0.1, -0.05) is 27.2 Å².